The average molecular weight is 341 g/mol. The van der Waals surface area contributed by atoms with Gasteiger partial charge in [0.2, 0.25) is 0 Å². The summed E-state index contributed by atoms with van der Waals surface area (Å²) in [5.41, 5.74) is 1.08. The Hall–Kier alpha value is -0.630. The van der Waals surface area contributed by atoms with Crippen LogP contribution >= 0.6 is 0 Å². The van der Waals surface area contributed by atoms with E-state index in [9.17, 15) is 14.8 Å². The van der Waals surface area contributed by atoms with Crippen molar-refractivity contribution in [3.63, 3.8) is 0 Å². The van der Waals surface area contributed by atoms with E-state index in [1.165, 1.54) is 0 Å². The summed E-state index contributed by atoms with van der Waals surface area (Å²) in [4.78, 5) is 0. The molecule has 1 fully saturated rings. The van der Waals surface area contributed by atoms with Crippen LogP contribution in [0.5, 0.6) is 0 Å². The Kier molecular flexibility index (Phi) is 6.48. The molecule has 23 heavy (non-hydrogen) atoms. The molecular weight excluding hydrogens is 314 g/mol. The molecule has 0 aliphatic carbocycles. The molecule has 0 aromatic heterocycles. The minimum absolute atomic E-state index is 0.233. The molecule has 0 bridgehead atoms. The molecule has 0 amide bonds. The molecule has 1 aliphatic heterocycles. The lowest BCUT2D eigenvalue weighted by Gasteiger charge is -2.37. The third-order valence-electron chi connectivity index (χ3n) is 3.81. The van der Waals surface area contributed by atoms with Crippen LogP contribution in [-0.4, -0.2) is 48.9 Å². The van der Waals surface area contributed by atoms with Gasteiger partial charge in [0.1, 0.15) is 10.9 Å². The topological polar surface area (TPSA) is 76.0 Å². The van der Waals surface area contributed by atoms with Gasteiger partial charge in [-0.25, -0.2) is 0 Å². The summed E-state index contributed by atoms with van der Waals surface area (Å²) in [6.07, 6.45) is -1.08. The molecule has 0 spiro atoms. The maximum Gasteiger partial charge on any atom is 0.181 e. The summed E-state index contributed by atoms with van der Waals surface area (Å²) >= 11 is -1.19. The number of aliphatic hydroxyl groups excluding tert-OH is 2. The molecule has 0 saturated carbocycles. The molecular formula is C17H27NO4S. The Morgan fingerprint density at radius 3 is 2.43 bits per heavy atom. The Balaban J connectivity index is 2.07. The summed E-state index contributed by atoms with van der Waals surface area (Å²) in [5.74, 6) is 0. The predicted octanol–water partition coefficient (Wildman–Crippen LogP) is 1.81. The van der Waals surface area contributed by atoms with Gasteiger partial charge < -0.3 is 19.5 Å². The molecule has 5 nitrogen and oxygen atoms in total. The van der Waals surface area contributed by atoms with Crippen molar-refractivity contribution in [1.29, 1.82) is 0 Å². The summed E-state index contributed by atoms with van der Waals surface area (Å²) in [6.45, 7) is 6.86. The molecule has 1 heterocycles. The van der Waals surface area contributed by atoms with Gasteiger partial charge in [0.05, 0.1) is 19.2 Å². The van der Waals surface area contributed by atoms with Crippen LogP contribution < -0.4 is 0 Å². The van der Waals surface area contributed by atoms with Gasteiger partial charge in [0.25, 0.3) is 0 Å². The summed E-state index contributed by atoms with van der Waals surface area (Å²) < 4.78 is 19.8. The average Bonchev–Trinajstić information content (AvgIpc) is 2.49. The van der Waals surface area contributed by atoms with Crippen molar-refractivity contribution in [2.75, 3.05) is 6.54 Å². The zero-order valence-electron chi connectivity index (χ0n) is 14.0. The summed E-state index contributed by atoms with van der Waals surface area (Å²) in [6, 6.07) is 9.90. The Bertz CT molecular complexity index is 479. The molecule has 2 rings (SSSR count). The SMILES string of the molecule is CC(C)(C)[S+]([O-])N(Cc1ccccc1)CC1CCC(O)C(O)O1. The van der Waals surface area contributed by atoms with Crippen LogP contribution in [0.25, 0.3) is 0 Å². The van der Waals surface area contributed by atoms with Crippen molar-refractivity contribution in [3.05, 3.63) is 35.9 Å². The number of hydrogen-bond donors (Lipinski definition) is 2. The molecule has 4 unspecified atom stereocenters. The molecule has 1 aromatic carbocycles. The predicted molar refractivity (Wildman–Crippen MR) is 90.9 cm³/mol. The first-order chi connectivity index (χ1) is 10.8. The van der Waals surface area contributed by atoms with Crippen molar-refractivity contribution >= 4 is 11.4 Å². The molecule has 6 heteroatoms. The van der Waals surface area contributed by atoms with Crippen molar-refractivity contribution in [1.82, 2.24) is 4.31 Å². The largest absolute Gasteiger partial charge is 0.597 e. The zero-order chi connectivity index (χ0) is 17.0. The van der Waals surface area contributed by atoms with E-state index >= 15 is 0 Å². The number of nitrogens with zero attached hydrogens (tertiary/aromatic N) is 1. The van der Waals surface area contributed by atoms with E-state index in [2.05, 4.69) is 0 Å². The fourth-order valence-corrected chi connectivity index (χ4v) is 3.92. The molecule has 4 atom stereocenters. The first-order valence-corrected chi connectivity index (χ1v) is 9.10. The van der Waals surface area contributed by atoms with E-state index in [1.807, 2.05) is 55.4 Å². The molecule has 0 radical (unpaired) electrons. The highest BCUT2D eigenvalue weighted by atomic mass is 32.2. The van der Waals surface area contributed by atoms with Crippen LogP contribution in [0.15, 0.2) is 30.3 Å². The quantitative estimate of drug-likeness (QED) is 0.799. The standard InChI is InChI=1S/C17H27NO4S/c1-17(2,3)23(21)18(11-13-7-5-4-6-8-13)12-14-9-10-15(19)16(20)22-14/h4-8,14-16,19-20H,9-12H2,1-3H3. The van der Waals surface area contributed by atoms with Crippen LogP contribution in [0.4, 0.5) is 0 Å². The van der Waals surface area contributed by atoms with Crippen LogP contribution in [-0.2, 0) is 22.6 Å². The highest BCUT2D eigenvalue weighted by Gasteiger charge is 2.37. The number of benzene rings is 1. The van der Waals surface area contributed by atoms with Gasteiger partial charge in [-0.15, -0.1) is 4.31 Å². The molecule has 2 N–H and O–H groups in total. The number of aliphatic hydroxyl groups is 2. The van der Waals surface area contributed by atoms with Crippen molar-refractivity contribution < 1.29 is 19.5 Å². The normalized spacial score (nSPS) is 27.2. The monoisotopic (exact) mass is 341 g/mol. The Labute approximate surface area is 141 Å². The van der Waals surface area contributed by atoms with Gasteiger partial charge in [0, 0.05) is 11.4 Å². The van der Waals surface area contributed by atoms with Crippen molar-refractivity contribution in [3.8, 4) is 0 Å². The third-order valence-corrected chi connectivity index (χ3v) is 5.61. The van der Waals surface area contributed by atoms with Gasteiger partial charge in [-0.05, 0) is 39.2 Å². The lowest BCUT2D eigenvalue weighted by Crippen LogP contribution is -2.49. The minimum atomic E-state index is -1.19. The lowest BCUT2D eigenvalue weighted by atomic mass is 10.1. The third kappa shape index (κ3) is 5.45. The Morgan fingerprint density at radius 1 is 1.22 bits per heavy atom. The number of rotatable bonds is 5. The minimum Gasteiger partial charge on any atom is -0.597 e. The van der Waals surface area contributed by atoms with Gasteiger partial charge in [-0.1, -0.05) is 30.3 Å². The van der Waals surface area contributed by atoms with E-state index in [0.29, 0.717) is 25.9 Å². The fraction of sp³-hybridized carbons (Fsp3) is 0.647. The first kappa shape index (κ1) is 18.7. The van der Waals surface area contributed by atoms with Gasteiger partial charge >= 0.3 is 0 Å². The highest BCUT2D eigenvalue weighted by Crippen LogP contribution is 2.26. The second kappa shape index (κ2) is 7.96. The Morgan fingerprint density at radius 2 is 1.87 bits per heavy atom. The van der Waals surface area contributed by atoms with Crippen LogP contribution in [0.2, 0.25) is 0 Å². The van der Waals surface area contributed by atoms with E-state index in [0.717, 1.165) is 5.56 Å². The molecule has 1 aromatic rings. The number of ether oxygens (including phenoxy) is 1. The van der Waals surface area contributed by atoms with E-state index in [-0.39, 0.29) is 10.9 Å². The smallest absolute Gasteiger partial charge is 0.181 e. The van der Waals surface area contributed by atoms with Crippen LogP contribution in [0.1, 0.15) is 39.2 Å². The molecule has 130 valence electrons. The molecule has 1 saturated heterocycles. The van der Waals surface area contributed by atoms with Crippen LogP contribution in [0.3, 0.4) is 0 Å². The maximum atomic E-state index is 12.9. The maximum absolute atomic E-state index is 12.9. The summed E-state index contributed by atoms with van der Waals surface area (Å²) in [5, 5.41) is 19.2. The van der Waals surface area contributed by atoms with E-state index in [1.54, 1.807) is 0 Å². The van der Waals surface area contributed by atoms with Crippen molar-refractivity contribution in [2.45, 2.75) is 63.4 Å². The van der Waals surface area contributed by atoms with E-state index < -0.39 is 23.8 Å². The molecule has 1 aliphatic rings. The highest BCUT2D eigenvalue weighted by molar-refractivity contribution is 7.90. The van der Waals surface area contributed by atoms with Gasteiger partial charge in [-0.3, -0.25) is 0 Å². The van der Waals surface area contributed by atoms with E-state index in [4.69, 9.17) is 4.74 Å². The van der Waals surface area contributed by atoms with Gasteiger partial charge in [-0.2, -0.15) is 0 Å². The first-order valence-electron chi connectivity index (χ1n) is 8.00. The van der Waals surface area contributed by atoms with Gasteiger partial charge in [0.15, 0.2) is 6.29 Å². The second-order valence-corrected chi connectivity index (χ2v) is 9.20. The van der Waals surface area contributed by atoms with Crippen molar-refractivity contribution in [2.24, 2.45) is 0 Å². The zero-order valence-corrected chi connectivity index (χ0v) is 14.8. The van der Waals surface area contributed by atoms with Crippen LogP contribution in [0, 0.1) is 0 Å². The summed E-state index contributed by atoms with van der Waals surface area (Å²) in [7, 11) is 0. The lowest BCUT2D eigenvalue weighted by molar-refractivity contribution is -0.216. The number of hydrogen-bond acceptors (Lipinski definition) is 5. The second-order valence-electron chi connectivity index (χ2n) is 6.96. The fourth-order valence-electron chi connectivity index (χ4n) is 2.58.